The highest BCUT2D eigenvalue weighted by Gasteiger charge is 2.26. The average molecular weight is 363 g/mol. The highest BCUT2D eigenvalue weighted by molar-refractivity contribution is 7.92. The van der Waals surface area contributed by atoms with Crippen molar-refractivity contribution in [2.75, 3.05) is 16.3 Å². The summed E-state index contributed by atoms with van der Waals surface area (Å²) in [4.78, 5) is 16.3. The smallest absolute Gasteiger partial charge is 0.250 e. The van der Waals surface area contributed by atoms with E-state index < -0.39 is 10.0 Å². The summed E-state index contributed by atoms with van der Waals surface area (Å²) < 4.78 is 24.7. The Morgan fingerprint density at radius 2 is 2.00 bits per heavy atom. The minimum Gasteiger partial charge on any atom is -0.298 e. The van der Waals surface area contributed by atoms with Gasteiger partial charge in [0.15, 0.2) is 5.13 Å². The van der Waals surface area contributed by atoms with E-state index in [4.69, 9.17) is 0 Å². The van der Waals surface area contributed by atoms with E-state index in [1.807, 2.05) is 5.38 Å². The number of rotatable bonds is 6. The van der Waals surface area contributed by atoms with Crippen molar-refractivity contribution in [3.8, 4) is 0 Å². The van der Waals surface area contributed by atoms with E-state index in [9.17, 15) is 13.2 Å². The SMILES string of the molecule is CS(=O)(=O)Nc1ccc(/C=C/C(=O)Nc2nc(C3CC3)cs2)cc1. The van der Waals surface area contributed by atoms with Gasteiger partial charge in [-0.05, 0) is 36.6 Å². The maximum atomic E-state index is 11.9. The van der Waals surface area contributed by atoms with Gasteiger partial charge < -0.3 is 0 Å². The van der Waals surface area contributed by atoms with Gasteiger partial charge in [0.05, 0.1) is 11.9 Å². The molecule has 0 radical (unpaired) electrons. The van der Waals surface area contributed by atoms with Crippen molar-refractivity contribution in [1.82, 2.24) is 4.98 Å². The molecule has 24 heavy (non-hydrogen) atoms. The first-order valence-electron chi connectivity index (χ1n) is 7.41. The van der Waals surface area contributed by atoms with E-state index >= 15 is 0 Å². The molecule has 0 saturated heterocycles. The van der Waals surface area contributed by atoms with Crippen LogP contribution in [-0.2, 0) is 14.8 Å². The maximum absolute atomic E-state index is 11.9. The number of benzene rings is 1. The van der Waals surface area contributed by atoms with Crippen LogP contribution in [-0.4, -0.2) is 25.6 Å². The number of nitrogens with zero attached hydrogens (tertiary/aromatic N) is 1. The van der Waals surface area contributed by atoms with Crippen molar-refractivity contribution in [2.24, 2.45) is 0 Å². The first-order chi connectivity index (χ1) is 11.4. The molecule has 1 saturated carbocycles. The summed E-state index contributed by atoms with van der Waals surface area (Å²) in [6, 6.07) is 6.74. The molecular weight excluding hydrogens is 346 g/mol. The summed E-state index contributed by atoms with van der Waals surface area (Å²) in [6.07, 6.45) is 6.55. The topological polar surface area (TPSA) is 88.2 Å². The molecule has 126 valence electrons. The van der Waals surface area contributed by atoms with Gasteiger partial charge in [-0.1, -0.05) is 12.1 Å². The summed E-state index contributed by atoms with van der Waals surface area (Å²) in [6.45, 7) is 0. The number of hydrogen-bond donors (Lipinski definition) is 2. The van der Waals surface area contributed by atoms with E-state index in [1.54, 1.807) is 30.3 Å². The average Bonchev–Trinajstić information content (AvgIpc) is 3.26. The highest BCUT2D eigenvalue weighted by atomic mass is 32.2. The number of anilines is 2. The fraction of sp³-hybridized carbons (Fsp3) is 0.250. The molecular formula is C16H17N3O3S2. The van der Waals surface area contributed by atoms with E-state index in [0.29, 0.717) is 16.7 Å². The van der Waals surface area contributed by atoms with Gasteiger partial charge in [-0.2, -0.15) is 0 Å². The van der Waals surface area contributed by atoms with Crippen molar-refractivity contribution in [2.45, 2.75) is 18.8 Å². The maximum Gasteiger partial charge on any atom is 0.250 e. The Morgan fingerprint density at radius 3 is 2.62 bits per heavy atom. The van der Waals surface area contributed by atoms with Crippen LogP contribution in [0.5, 0.6) is 0 Å². The molecule has 1 heterocycles. The largest absolute Gasteiger partial charge is 0.298 e. The highest BCUT2D eigenvalue weighted by Crippen LogP contribution is 2.40. The molecule has 1 amide bonds. The third kappa shape index (κ3) is 4.90. The standard InChI is InChI=1S/C16H17N3O3S2/c1-24(21,22)19-13-7-2-11(3-8-13)4-9-15(20)18-16-17-14(10-23-16)12-5-6-12/h2-4,7-10,12,19H,5-6H2,1H3,(H,17,18,20)/b9-4+. The molecule has 1 aliphatic carbocycles. The molecule has 0 spiro atoms. The molecule has 1 aromatic heterocycles. The lowest BCUT2D eigenvalue weighted by atomic mass is 10.2. The molecule has 3 rings (SSSR count). The zero-order valence-corrected chi connectivity index (χ0v) is 14.7. The molecule has 1 fully saturated rings. The predicted octanol–water partition coefficient (Wildman–Crippen LogP) is 3.04. The van der Waals surface area contributed by atoms with Crippen molar-refractivity contribution in [3.05, 3.63) is 47.0 Å². The quantitative estimate of drug-likeness (QED) is 0.772. The molecule has 0 bridgehead atoms. The molecule has 1 aliphatic rings. The van der Waals surface area contributed by atoms with Gasteiger partial charge in [-0.3, -0.25) is 14.8 Å². The van der Waals surface area contributed by atoms with Crippen LogP contribution in [0.25, 0.3) is 6.08 Å². The van der Waals surface area contributed by atoms with E-state index in [-0.39, 0.29) is 5.91 Å². The zero-order chi connectivity index (χ0) is 17.2. The summed E-state index contributed by atoms with van der Waals surface area (Å²) in [5.41, 5.74) is 2.34. The first-order valence-corrected chi connectivity index (χ1v) is 10.2. The van der Waals surface area contributed by atoms with Gasteiger partial charge in [0, 0.05) is 23.1 Å². The number of carbonyl (C=O) groups is 1. The Kier molecular flexibility index (Phi) is 4.68. The monoisotopic (exact) mass is 363 g/mol. The third-order valence-corrected chi connectivity index (χ3v) is 4.77. The van der Waals surface area contributed by atoms with Crippen LogP contribution in [0.1, 0.15) is 30.0 Å². The van der Waals surface area contributed by atoms with Crippen LogP contribution >= 0.6 is 11.3 Å². The van der Waals surface area contributed by atoms with Crippen molar-refractivity contribution < 1.29 is 13.2 Å². The number of aromatic nitrogens is 1. The summed E-state index contributed by atoms with van der Waals surface area (Å²) in [5.74, 6) is 0.325. The van der Waals surface area contributed by atoms with Crippen molar-refractivity contribution in [1.29, 1.82) is 0 Å². The first kappa shape index (κ1) is 16.7. The van der Waals surface area contributed by atoms with Crippen LogP contribution in [0.4, 0.5) is 10.8 Å². The lowest BCUT2D eigenvalue weighted by Crippen LogP contribution is -2.09. The van der Waals surface area contributed by atoms with Crippen molar-refractivity contribution >= 4 is 44.2 Å². The second kappa shape index (κ2) is 6.74. The summed E-state index contributed by atoms with van der Waals surface area (Å²) in [5, 5.41) is 5.35. The zero-order valence-electron chi connectivity index (χ0n) is 13.0. The predicted molar refractivity (Wildman–Crippen MR) is 96.7 cm³/mol. The molecule has 2 aromatic rings. The van der Waals surface area contributed by atoms with Crippen LogP contribution in [0.2, 0.25) is 0 Å². The Hall–Kier alpha value is -2.19. The van der Waals surface area contributed by atoms with Gasteiger partial charge in [-0.15, -0.1) is 11.3 Å². The number of thiazole rings is 1. The van der Waals surface area contributed by atoms with Crippen molar-refractivity contribution in [3.63, 3.8) is 0 Å². The van der Waals surface area contributed by atoms with Gasteiger partial charge in [-0.25, -0.2) is 13.4 Å². The van der Waals surface area contributed by atoms with Gasteiger partial charge in [0.1, 0.15) is 0 Å². The lowest BCUT2D eigenvalue weighted by Gasteiger charge is -2.03. The van der Waals surface area contributed by atoms with Crippen LogP contribution < -0.4 is 10.0 Å². The molecule has 2 N–H and O–H groups in total. The number of amides is 1. The van der Waals surface area contributed by atoms with Crippen LogP contribution in [0, 0.1) is 0 Å². The number of nitrogens with one attached hydrogen (secondary N) is 2. The second-order valence-corrected chi connectivity index (χ2v) is 8.28. The number of hydrogen-bond acceptors (Lipinski definition) is 5. The minimum absolute atomic E-state index is 0.245. The van der Waals surface area contributed by atoms with Gasteiger partial charge in [0.25, 0.3) is 0 Å². The van der Waals surface area contributed by atoms with Crippen LogP contribution in [0.15, 0.2) is 35.7 Å². The van der Waals surface area contributed by atoms with E-state index in [0.717, 1.165) is 17.5 Å². The number of carbonyl (C=O) groups excluding carboxylic acids is 1. The van der Waals surface area contributed by atoms with E-state index in [2.05, 4.69) is 15.0 Å². The normalized spacial score (nSPS) is 14.7. The molecule has 8 heteroatoms. The minimum atomic E-state index is -3.29. The number of sulfonamides is 1. The fourth-order valence-corrected chi connectivity index (χ4v) is 3.46. The Bertz CT molecular complexity index is 866. The Balaban J connectivity index is 1.56. The van der Waals surface area contributed by atoms with Gasteiger partial charge in [0.2, 0.25) is 15.9 Å². The molecule has 0 unspecified atom stereocenters. The Morgan fingerprint density at radius 1 is 1.29 bits per heavy atom. The molecule has 0 aliphatic heterocycles. The second-order valence-electron chi connectivity index (χ2n) is 5.67. The van der Waals surface area contributed by atoms with E-state index in [1.165, 1.54) is 30.3 Å². The molecule has 1 aromatic carbocycles. The summed E-state index contributed by atoms with van der Waals surface area (Å²) in [7, 11) is -3.29. The molecule has 0 atom stereocenters. The van der Waals surface area contributed by atoms with Crippen LogP contribution in [0.3, 0.4) is 0 Å². The third-order valence-electron chi connectivity index (χ3n) is 3.39. The molecule has 6 nitrogen and oxygen atoms in total. The lowest BCUT2D eigenvalue weighted by molar-refractivity contribution is -0.111. The fourth-order valence-electron chi connectivity index (χ4n) is 2.11. The summed E-state index contributed by atoms with van der Waals surface area (Å²) >= 11 is 1.43. The van der Waals surface area contributed by atoms with Gasteiger partial charge >= 0.3 is 0 Å². The Labute approximate surface area is 144 Å².